The van der Waals surface area contributed by atoms with Gasteiger partial charge in [0.25, 0.3) is 0 Å². The van der Waals surface area contributed by atoms with Crippen LogP contribution in [-0.4, -0.2) is 70.3 Å². The van der Waals surface area contributed by atoms with Crippen molar-refractivity contribution in [2.24, 2.45) is 0 Å². The van der Waals surface area contributed by atoms with E-state index >= 15 is 0 Å². The minimum atomic E-state index is -0.710. The first-order chi connectivity index (χ1) is 11.6. The molecule has 0 spiro atoms. The number of hydrogen-bond donors (Lipinski definition) is 2. The highest BCUT2D eigenvalue weighted by Crippen LogP contribution is 2.21. The molecular weight excluding hydrogens is 316 g/mol. The number of hydrogen-bond acceptors (Lipinski definition) is 4. The van der Waals surface area contributed by atoms with Gasteiger partial charge in [-0.1, -0.05) is 13.8 Å². The summed E-state index contributed by atoms with van der Waals surface area (Å²) in [7, 11) is 0. The van der Waals surface area contributed by atoms with Crippen molar-refractivity contribution in [3.63, 3.8) is 0 Å². The molecule has 0 unspecified atom stereocenters. The number of aromatic nitrogens is 1. The molecule has 1 atom stereocenters. The Morgan fingerprint density at radius 1 is 1.28 bits per heavy atom. The van der Waals surface area contributed by atoms with Crippen molar-refractivity contribution < 1.29 is 9.90 Å². The van der Waals surface area contributed by atoms with E-state index < -0.39 is 5.60 Å². The van der Waals surface area contributed by atoms with E-state index in [1.807, 2.05) is 30.9 Å². The van der Waals surface area contributed by atoms with Crippen LogP contribution in [0.1, 0.15) is 40.2 Å². The number of rotatable bonds is 5. The summed E-state index contributed by atoms with van der Waals surface area (Å²) in [6.45, 7) is 13.4. The van der Waals surface area contributed by atoms with Gasteiger partial charge in [-0.2, -0.15) is 0 Å². The SMILES string of the molecule is C[C@H]1CN(CC(C)(C)O)CCN1C(=O)NCC(C)(C)c1ccncc1. The molecular formula is C19H32N4O2. The molecule has 1 aromatic heterocycles. The van der Waals surface area contributed by atoms with Crippen LogP contribution in [-0.2, 0) is 5.41 Å². The molecule has 0 aromatic carbocycles. The summed E-state index contributed by atoms with van der Waals surface area (Å²) in [6.07, 6.45) is 3.56. The fourth-order valence-electron chi connectivity index (χ4n) is 3.33. The second-order valence-electron chi connectivity index (χ2n) is 8.37. The van der Waals surface area contributed by atoms with E-state index in [4.69, 9.17) is 0 Å². The molecule has 6 heteroatoms. The van der Waals surface area contributed by atoms with Gasteiger partial charge in [-0.25, -0.2) is 4.79 Å². The van der Waals surface area contributed by atoms with Gasteiger partial charge in [0.15, 0.2) is 0 Å². The number of amides is 2. The predicted molar refractivity (Wildman–Crippen MR) is 99.6 cm³/mol. The molecule has 6 nitrogen and oxygen atoms in total. The van der Waals surface area contributed by atoms with Gasteiger partial charge in [-0.3, -0.25) is 9.88 Å². The lowest BCUT2D eigenvalue weighted by Gasteiger charge is -2.41. The first kappa shape index (κ1) is 19.7. The molecule has 1 aliphatic rings. The van der Waals surface area contributed by atoms with Crippen LogP contribution in [0.5, 0.6) is 0 Å². The predicted octanol–water partition coefficient (Wildman–Crippen LogP) is 1.85. The monoisotopic (exact) mass is 348 g/mol. The van der Waals surface area contributed by atoms with Crippen LogP contribution in [0.15, 0.2) is 24.5 Å². The highest BCUT2D eigenvalue weighted by molar-refractivity contribution is 5.74. The Balaban J connectivity index is 1.87. The number of carbonyl (C=O) groups is 1. The van der Waals surface area contributed by atoms with Crippen molar-refractivity contribution in [2.75, 3.05) is 32.7 Å². The fraction of sp³-hybridized carbons (Fsp3) is 0.684. The molecule has 1 aromatic rings. The summed E-state index contributed by atoms with van der Waals surface area (Å²) >= 11 is 0. The summed E-state index contributed by atoms with van der Waals surface area (Å²) in [5.74, 6) is 0. The van der Waals surface area contributed by atoms with Gasteiger partial charge >= 0.3 is 6.03 Å². The second-order valence-corrected chi connectivity index (χ2v) is 8.37. The molecule has 0 bridgehead atoms. The number of nitrogens with one attached hydrogen (secondary N) is 1. The van der Waals surface area contributed by atoms with Crippen molar-refractivity contribution in [3.05, 3.63) is 30.1 Å². The Hall–Kier alpha value is -1.66. The number of nitrogens with zero attached hydrogens (tertiary/aromatic N) is 3. The van der Waals surface area contributed by atoms with Gasteiger partial charge < -0.3 is 15.3 Å². The molecule has 2 heterocycles. The maximum Gasteiger partial charge on any atom is 0.317 e. The topological polar surface area (TPSA) is 68.7 Å². The fourth-order valence-corrected chi connectivity index (χ4v) is 3.33. The van der Waals surface area contributed by atoms with Crippen LogP contribution in [0.25, 0.3) is 0 Å². The molecule has 1 aliphatic heterocycles. The standard InChI is InChI=1S/C19H32N4O2/c1-15-12-22(14-19(4,5)25)10-11-23(15)17(24)21-13-18(2,3)16-6-8-20-9-7-16/h6-9,15,25H,10-14H2,1-5H3,(H,21,24)/t15-/m0/s1. The average molecular weight is 348 g/mol. The Kier molecular flexibility index (Phi) is 6.06. The molecule has 2 amide bonds. The van der Waals surface area contributed by atoms with Gasteiger partial charge in [-0.15, -0.1) is 0 Å². The number of pyridine rings is 1. The van der Waals surface area contributed by atoms with E-state index in [1.165, 1.54) is 0 Å². The van der Waals surface area contributed by atoms with Gasteiger partial charge in [0.1, 0.15) is 0 Å². The quantitative estimate of drug-likeness (QED) is 0.852. The number of piperazine rings is 1. The van der Waals surface area contributed by atoms with Crippen LogP contribution < -0.4 is 5.32 Å². The molecule has 0 aliphatic carbocycles. The molecule has 1 fully saturated rings. The van der Waals surface area contributed by atoms with Gasteiger partial charge in [0, 0.05) is 56.6 Å². The number of urea groups is 1. The zero-order valence-corrected chi connectivity index (χ0v) is 16.1. The molecule has 2 N–H and O–H groups in total. The van der Waals surface area contributed by atoms with E-state index in [1.54, 1.807) is 12.4 Å². The molecule has 25 heavy (non-hydrogen) atoms. The summed E-state index contributed by atoms with van der Waals surface area (Å²) in [6, 6.07) is 4.09. The minimum Gasteiger partial charge on any atom is -0.389 e. The van der Waals surface area contributed by atoms with E-state index in [9.17, 15) is 9.90 Å². The van der Waals surface area contributed by atoms with Crippen molar-refractivity contribution in [3.8, 4) is 0 Å². The van der Waals surface area contributed by atoms with Crippen LogP contribution in [0.4, 0.5) is 4.79 Å². The lowest BCUT2D eigenvalue weighted by molar-refractivity contribution is 0.0118. The lowest BCUT2D eigenvalue weighted by atomic mass is 9.85. The Morgan fingerprint density at radius 2 is 1.92 bits per heavy atom. The summed E-state index contributed by atoms with van der Waals surface area (Å²) < 4.78 is 0. The normalized spacial score (nSPS) is 19.8. The third-order valence-corrected chi connectivity index (χ3v) is 4.73. The number of carbonyl (C=O) groups excluding carboxylic acids is 1. The van der Waals surface area contributed by atoms with Gasteiger partial charge in [0.2, 0.25) is 0 Å². The highest BCUT2D eigenvalue weighted by Gasteiger charge is 2.30. The number of β-amino-alcohol motifs (C(OH)–C–C–N with tert-alkyl or cyclic N) is 1. The van der Waals surface area contributed by atoms with E-state index in [2.05, 4.69) is 36.0 Å². The van der Waals surface area contributed by atoms with Crippen LogP contribution >= 0.6 is 0 Å². The Labute approximate surface area is 151 Å². The Bertz CT molecular complexity index is 569. The highest BCUT2D eigenvalue weighted by atomic mass is 16.3. The molecule has 1 saturated heterocycles. The largest absolute Gasteiger partial charge is 0.389 e. The minimum absolute atomic E-state index is 0.0162. The van der Waals surface area contributed by atoms with E-state index in [0.29, 0.717) is 19.6 Å². The van der Waals surface area contributed by atoms with Gasteiger partial charge in [-0.05, 0) is 38.5 Å². The van der Waals surface area contributed by atoms with Crippen molar-refractivity contribution >= 4 is 6.03 Å². The van der Waals surface area contributed by atoms with Crippen molar-refractivity contribution in [1.29, 1.82) is 0 Å². The van der Waals surface area contributed by atoms with Gasteiger partial charge in [0.05, 0.1) is 5.60 Å². The second kappa shape index (κ2) is 7.70. The third-order valence-electron chi connectivity index (χ3n) is 4.73. The van der Waals surface area contributed by atoms with Crippen molar-refractivity contribution in [1.82, 2.24) is 20.1 Å². The smallest absolute Gasteiger partial charge is 0.317 e. The zero-order chi connectivity index (χ0) is 18.7. The van der Waals surface area contributed by atoms with Crippen LogP contribution in [0, 0.1) is 0 Å². The summed E-state index contributed by atoms with van der Waals surface area (Å²) in [4.78, 5) is 20.8. The third kappa shape index (κ3) is 5.68. The van der Waals surface area contributed by atoms with E-state index in [0.717, 1.165) is 18.7 Å². The maximum atomic E-state index is 12.6. The molecule has 0 radical (unpaired) electrons. The molecule has 140 valence electrons. The zero-order valence-electron chi connectivity index (χ0n) is 16.1. The summed E-state index contributed by atoms with van der Waals surface area (Å²) in [5.41, 5.74) is 0.300. The average Bonchev–Trinajstić information content (AvgIpc) is 2.52. The number of aliphatic hydroxyl groups is 1. The Morgan fingerprint density at radius 3 is 2.48 bits per heavy atom. The maximum absolute atomic E-state index is 12.6. The lowest BCUT2D eigenvalue weighted by Crippen LogP contribution is -2.58. The molecule has 2 rings (SSSR count). The molecule has 0 saturated carbocycles. The van der Waals surface area contributed by atoms with Crippen LogP contribution in [0.2, 0.25) is 0 Å². The summed E-state index contributed by atoms with van der Waals surface area (Å²) in [5, 5.41) is 13.1. The first-order valence-corrected chi connectivity index (χ1v) is 8.98. The first-order valence-electron chi connectivity index (χ1n) is 8.98. The van der Waals surface area contributed by atoms with E-state index in [-0.39, 0.29) is 17.5 Å². The van der Waals surface area contributed by atoms with Crippen LogP contribution in [0.3, 0.4) is 0 Å². The van der Waals surface area contributed by atoms with Crippen molar-refractivity contribution in [2.45, 2.75) is 51.7 Å².